The van der Waals surface area contributed by atoms with Gasteiger partial charge in [0.25, 0.3) is 11.4 Å². The highest BCUT2D eigenvalue weighted by Crippen LogP contribution is 2.28. The van der Waals surface area contributed by atoms with Gasteiger partial charge in [-0.25, -0.2) is 0 Å². The summed E-state index contributed by atoms with van der Waals surface area (Å²) in [6.45, 7) is 0.219. The van der Waals surface area contributed by atoms with E-state index in [0.29, 0.717) is 0 Å². The lowest BCUT2D eigenvalue weighted by molar-refractivity contribution is -0.393. The molecule has 0 heterocycles. The van der Waals surface area contributed by atoms with Crippen LogP contribution in [0.4, 0.5) is 17.1 Å². The molecule has 21 heavy (non-hydrogen) atoms. The van der Waals surface area contributed by atoms with E-state index >= 15 is 0 Å². The van der Waals surface area contributed by atoms with Crippen molar-refractivity contribution in [2.24, 2.45) is 0 Å². The van der Waals surface area contributed by atoms with Gasteiger partial charge in [0.2, 0.25) is 5.91 Å². The summed E-state index contributed by atoms with van der Waals surface area (Å²) in [5.41, 5.74) is -0.574. The summed E-state index contributed by atoms with van der Waals surface area (Å²) in [6.07, 6.45) is 2.17. The maximum absolute atomic E-state index is 11.5. The van der Waals surface area contributed by atoms with Crippen molar-refractivity contribution in [3.8, 4) is 0 Å². The average Bonchev–Trinajstić information content (AvgIpc) is 3.22. The molecule has 112 valence electrons. The first kappa shape index (κ1) is 14.7. The van der Waals surface area contributed by atoms with Gasteiger partial charge < -0.3 is 10.6 Å². The molecule has 0 unspecified atom stereocenters. The van der Waals surface area contributed by atoms with Gasteiger partial charge in [0.1, 0.15) is 5.69 Å². The van der Waals surface area contributed by atoms with Crippen LogP contribution >= 0.6 is 0 Å². The molecule has 0 atom stereocenters. The Bertz CT molecular complexity index is 585. The van der Waals surface area contributed by atoms with E-state index in [9.17, 15) is 25.0 Å². The topological polar surface area (TPSA) is 127 Å². The summed E-state index contributed by atoms with van der Waals surface area (Å²) in [5, 5.41) is 27.1. The van der Waals surface area contributed by atoms with Crippen LogP contribution in [0.1, 0.15) is 19.3 Å². The molecule has 9 nitrogen and oxygen atoms in total. The van der Waals surface area contributed by atoms with Crippen LogP contribution in [0.2, 0.25) is 0 Å². The molecule has 1 aliphatic carbocycles. The largest absolute Gasteiger partial charge is 0.379 e. The first-order chi connectivity index (χ1) is 9.97. The third-order valence-corrected chi connectivity index (χ3v) is 3.00. The second kappa shape index (κ2) is 6.16. The third-order valence-electron chi connectivity index (χ3n) is 3.00. The second-order valence-corrected chi connectivity index (χ2v) is 4.73. The molecule has 1 aromatic rings. The highest BCUT2D eigenvalue weighted by atomic mass is 16.6. The van der Waals surface area contributed by atoms with Gasteiger partial charge in [-0.3, -0.25) is 25.0 Å². The molecular weight excluding hydrogens is 280 g/mol. The zero-order chi connectivity index (χ0) is 15.4. The van der Waals surface area contributed by atoms with Gasteiger partial charge in [-0.1, -0.05) is 0 Å². The predicted octanol–water partition coefficient (Wildman–Crippen LogP) is 1.58. The predicted molar refractivity (Wildman–Crippen MR) is 74.0 cm³/mol. The van der Waals surface area contributed by atoms with Crippen molar-refractivity contribution < 1.29 is 14.6 Å². The summed E-state index contributed by atoms with van der Waals surface area (Å²) < 4.78 is 0. The molecule has 1 aliphatic rings. The van der Waals surface area contributed by atoms with Crippen LogP contribution in [-0.4, -0.2) is 28.3 Å². The lowest BCUT2D eigenvalue weighted by Gasteiger charge is -2.07. The quantitative estimate of drug-likeness (QED) is 0.580. The first-order valence-corrected chi connectivity index (χ1v) is 6.43. The highest BCUT2D eigenvalue weighted by molar-refractivity contribution is 5.77. The fraction of sp³-hybridized carbons (Fsp3) is 0.417. The number of hydrogen-bond donors (Lipinski definition) is 2. The van der Waals surface area contributed by atoms with Crippen LogP contribution in [0.3, 0.4) is 0 Å². The van der Waals surface area contributed by atoms with Gasteiger partial charge in [0.05, 0.1) is 15.9 Å². The molecule has 0 spiro atoms. The SMILES string of the molecule is O=C(CCNc1ccc([N+](=O)[O-])cc1[N+](=O)[O-])NC1CC1. The first-order valence-electron chi connectivity index (χ1n) is 6.43. The van der Waals surface area contributed by atoms with E-state index in [4.69, 9.17) is 0 Å². The molecule has 9 heteroatoms. The normalized spacial score (nSPS) is 13.5. The molecule has 1 fully saturated rings. The maximum Gasteiger partial charge on any atom is 0.299 e. The average molecular weight is 294 g/mol. The Labute approximate surface area is 119 Å². The van der Waals surface area contributed by atoms with Crippen LogP contribution in [-0.2, 0) is 4.79 Å². The van der Waals surface area contributed by atoms with Crippen LogP contribution in [0, 0.1) is 20.2 Å². The number of carbonyl (C=O) groups excluding carboxylic acids is 1. The molecule has 0 aromatic heterocycles. The van der Waals surface area contributed by atoms with Crippen molar-refractivity contribution in [2.45, 2.75) is 25.3 Å². The van der Waals surface area contributed by atoms with Crippen molar-refractivity contribution in [2.75, 3.05) is 11.9 Å². The van der Waals surface area contributed by atoms with E-state index < -0.39 is 9.85 Å². The fourth-order valence-electron chi connectivity index (χ4n) is 1.77. The number of nitro benzene ring substituents is 2. The lowest BCUT2D eigenvalue weighted by Crippen LogP contribution is -2.27. The van der Waals surface area contributed by atoms with Crippen molar-refractivity contribution in [1.29, 1.82) is 0 Å². The van der Waals surface area contributed by atoms with Crippen LogP contribution in [0.5, 0.6) is 0 Å². The molecule has 1 saturated carbocycles. The smallest absolute Gasteiger partial charge is 0.299 e. The summed E-state index contributed by atoms with van der Waals surface area (Å²) >= 11 is 0. The van der Waals surface area contributed by atoms with E-state index in [0.717, 1.165) is 18.9 Å². The van der Waals surface area contributed by atoms with Crippen LogP contribution in [0.15, 0.2) is 18.2 Å². The molecule has 0 radical (unpaired) electrons. The zero-order valence-corrected chi connectivity index (χ0v) is 11.1. The summed E-state index contributed by atoms with van der Waals surface area (Å²) in [7, 11) is 0. The summed E-state index contributed by atoms with van der Waals surface area (Å²) in [5.74, 6) is -0.116. The number of non-ortho nitro benzene ring substituents is 1. The van der Waals surface area contributed by atoms with Crippen molar-refractivity contribution in [3.05, 3.63) is 38.4 Å². The van der Waals surface area contributed by atoms with Gasteiger partial charge >= 0.3 is 0 Å². The van der Waals surface area contributed by atoms with Crippen LogP contribution < -0.4 is 10.6 Å². The molecule has 1 aromatic carbocycles. The van der Waals surface area contributed by atoms with Crippen molar-refractivity contribution >= 4 is 23.0 Å². The van der Waals surface area contributed by atoms with Gasteiger partial charge in [0, 0.05) is 25.1 Å². The Morgan fingerprint density at radius 1 is 1.24 bits per heavy atom. The maximum atomic E-state index is 11.5. The van der Waals surface area contributed by atoms with Crippen molar-refractivity contribution in [1.82, 2.24) is 5.32 Å². The van der Waals surface area contributed by atoms with Gasteiger partial charge in [-0.2, -0.15) is 0 Å². The minimum Gasteiger partial charge on any atom is -0.379 e. The Hall–Kier alpha value is -2.71. The number of nitrogens with one attached hydrogen (secondary N) is 2. The number of anilines is 1. The lowest BCUT2D eigenvalue weighted by atomic mass is 10.2. The molecule has 2 rings (SSSR count). The highest BCUT2D eigenvalue weighted by Gasteiger charge is 2.23. The number of benzene rings is 1. The molecule has 1 amide bonds. The van der Waals surface area contributed by atoms with Crippen LogP contribution in [0.25, 0.3) is 0 Å². The standard InChI is InChI=1S/C12H14N4O5/c17-12(14-8-1-2-8)5-6-13-10-4-3-9(15(18)19)7-11(10)16(20)21/h3-4,7-8,13H,1-2,5-6H2,(H,14,17). The minimum absolute atomic E-state index is 0.116. The Balaban J connectivity index is 1.96. The number of nitrogens with zero attached hydrogens (tertiary/aromatic N) is 2. The number of amides is 1. The summed E-state index contributed by atoms with van der Waals surface area (Å²) in [4.78, 5) is 31.6. The van der Waals surface area contributed by atoms with Gasteiger partial charge in [-0.15, -0.1) is 0 Å². The van der Waals surface area contributed by atoms with E-state index in [2.05, 4.69) is 10.6 Å². The number of hydrogen-bond acceptors (Lipinski definition) is 6. The summed E-state index contributed by atoms with van der Waals surface area (Å²) in [6, 6.07) is 3.62. The zero-order valence-electron chi connectivity index (χ0n) is 11.1. The molecule has 0 aliphatic heterocycles. The molecule has 0 saturated heterocycles. The van der Waals surface area contributed by atoms with E-state index in [1.165, 1.54) is 12.1 Å². The van der Waals surface area contributed by atoms with E-state index in [-0.39, 0.29) is 42.0 Å². The molecule has 0 bridgehead atoms. The van der Waals surface area contributed by atoms with Gasteiger partial charge in [0.15, 0.2) is 0 Å². The number of rotatable bonds is 7. The monoisotopic (exact) mass is 294 g/mol. The van der Waals surface area contributed by atoms with E-state index in [1.54, 1.807) is 0 Å². The molecule has 2 N–H and O–H groups in total. The Morgan fingerprint density at radius 3 is 2.52 bits per heavy atom. The third kappa shape index (κ3) is 4.13. The van der Waals surface area contributed by atoms with Crippen molar-refractivity contribution in [3.63, 3.8) is 0 Å². The number of carbonyl (C=O) groups is 1. The van der Waals surface area contributed by atoms with E-state index in [1.807, 2.05) is 0 Å². The Kier molecular flexibility index (Phi) is 4.31. The minimum atomic E-state index is -0.695. The number of nitro groups is 2. The Morgan fingerprint density at radius 2 is 1.95 bits per heavy atom. The fourth-order valence-corrected chi connectivity index (χ4v) is 1.77. The molecular formula is C12H14N4O5. The second-order valence-electron chi connectivity index (χ2n) is 4.73. The van der Waals surface area contributed by atoms with Gasteiger partial charge in [-0.05, 0) is 18.9 Å².